The molecule has 3 atom stereocenters. The Kier molecular flexibility index (Phi) is 12.1. The van der Waals surface area contributed by atoms with Gasteiger partial charge in [-0.2, -0.15) is 0 Å². The Morgan fingerprint density at radius 2 is 1.93 bits per heavy atom. The highest BCUT2D eigenvalue weighted by Gasteiger charge is 2.54. The van der Waals surface area contributed by atoms with Crippen LogP contribution >= 0.6 is 45.7 Å². The molecular formula is C32H36IN3O8S2. The van der Waals surface area contributed by atoms with Gasteiger partial charge in [-0.1, -0.05) is 52.0 Å². The number of thiazole rings is 1. The summed E-state index contributed by atoms with van der Waals surface area (Å²) in [6, 6.07) is 7.15. The van der Waals surface area contributed by atoms with Gasteiger partial charge in [0.2, 0.25) is 12.0 Å². The van der Waals surface area contributed by atoms with Crippen LogP contribution in [-0.4, -0.2) is 73.6 Å². The fourth-order valence-corrected chi connectivity index (χ4v) is 6.83. The van der Waals surface area contributed by atoms with E-state index in [0.717, 1.165) is 9.99 Å². The number of benzene rings is 1. The Labute approximate surface area is 289 Å². The van der Waals surface area contributed by atoms with Crippen LogP contribution in [0.3, 0.4) is 0 Å². The third-order valence-corrected chi connectivity index (χ3v) is 9.45. The van der Waals surface area contributed by atoms with Crippen molar-refractivity contribution in [3.63, 3.8) is 0 Å². The summed E-state index contributed by atoms with van der Waals surface area (Å²) < 4.78 is 16.9. The number of hydrogen-bond acceptors (Lipinski definition) is 12. The molecule has 246 valence electrons. The van der Waals surface area contributed by atoms with E-state index in [1.54, 1.807) is 64.5 Å². The van der Waals surface area contributed by atoms with E-state index >= 15 is 0 Å². The molecule has 14 heteroatoms. The number of ketones is 1. The number of aromatic nitrogens is 1. The number of thioether (sulfide) groups is 1. The topological polar surface area (TPSA) is 134 Å². The molecule has 1 unspecified atom stereocenters. The standard InChI is InChI=1S/C32H36IN3O8S2/c1-18(30(39)43-32(3,4)5)44-35-26(24-17-45-19(2)34-24)25(37)14-23-28(38)36-27(21(8-7-13-33)16-46-29(23)36)31(40)42-15-20-9-11-22(41-6)12-10-20/h7-12,17-18,23,29H,13-16H2,1-6H3/b8-7+,35-26-/t18-,23+,29?/m0/s1. The summed E-state index contributed by atoms with van der Waals surface area (Å²) in [5.41, 5.74) is 1.11. The fraction of sp³-hybridized carbons (Fsp3) is 0.438. The van der Waals surface area contributed by atoms with Crippen LogP contribution in [0.1, 0.15) is 50.4 Å². The Hall–Kier alpha value is -3.24. The summed E-state index contributed by atoms with van der Waals surface area (Å²) in [7, 11) is 1.57. The Morgan fingerprint density at radius 3 is 2.54 bits per heavy atom. The van der Waals surface area contributed by atoms with Crippen LogP contribution in [0, 0.1) is 12.8 Å². The van der Waals surface area contributed by atoms with Crippen molar-refractivity contribution in [1.82, 2.24) is 9.88 Å². The van der Waals surface area contributed by atoms with Gasteiger partial charge in [0.1, 0.15) is 29.3 Å². The van der Waals surface area contributed by atoms with Crippen molar-refractivity contribution in [1.29, 1.82) is 0 Å². The van der Waals surface area contributed by atoms with Gasteiger partial charge in [0.25, 0.3) is 0 Å². The van der Waals surface area contributed by atoms with Crippen LogP contribution in [0.2, 0.25) is 0 Å². The molecule has 0 N–H and O–H groups in total. The second-order valence-electron chi connectivity index (χ2n) is 11.5. The van der Waals surface area contributed by atoms with E-state index in [-0.39, 0.29) is 36.0 Å². The van der Waals surface area contributed by atoms with Crippen LogP contribution in [0.15, 0.2) is 58.2 Å². The number of methoxy groups -OCH3 is 1. The zero-order valence-electron chi connectivity index (χ0n) is 26.4. The first-order valence-electron chi connectivity index (χ1n) is 14.5. The molecule has 0 aliphatic carbocycles. The monoisotopic (exact) mass is 781 g/mol. The predicted octanol–water partition coefficient (Wildman–Crippen LogP) is 5.39. The molecule has 1 aromatic heterocycles. The molecule has 0 spiro atoms. The van der Waals surface area contributed by atoms with Gasteiger partial charge in [-0.15, -0.1) is 23.1 Å². The van der Waals surface area contributed by atoms with E-state index < -0.39 is 40.7 Å². The normalized spacial score (nSPS) is 19.0. The number of Topliss-reactive ketones (excluding diaryl/α,β-unsaturated/α-hetero) is 1. The summed E-state index contributed by atoms with van der Waals surface area (Å²) in [4.78, 5) is 64.3. The highest BCUT2D eigenvalue weighted by molar-refractivity contribution is 14.1. The van der Waals surface area contributed by atoms with Crippen molar-refractivity contribution >= 4 is 75.0 Å². The number of allylic oxidation sites excluding steroid dienone is 2. The first-order chi connectivity index (χ1) is 21.8. The van der Waals surface area contributed by atoms with Crippen molar-refractivity contribution in [2.24, 2.45) is 11.1 Å². The maximum atomic E-state index is 13.6. The number of ether oxygens (including phenoxy) is 3. The molecule has 3 heterocycles. The maximum Gasteiger partial charge on any atom is 0.355 e. The molecule has 1 aromatic carbocycles. The lowest BCUT2D eigenvalue weighted by Crippen LogP contribution is -2.62. The van der Waals surface area contributed by atoms with E-state index in [4.69, 9.17) is 19.0 Å². The minimum atomic E-state index is -1.08. The third-order valence-electron chi connectivity index (χ3n) is 6.81. The highest BCUT2D eigenvalue weighted by Crippen LogP contribution is 2.46. The molecule has 11 nitrogen and oxygen atoms in total. The Morgan fingerprint density at radius 1 is 1.22 bits per heavy atom. The first kappa shape index (κ1) is 35.6. The lowest BCUT2D eigenvalue weighted by atomic mass is 9.89. The number of halogens is 1. The number of alkyl halides is 1. The number of nitrogens with zero attached hydrogens (tertiary/aromatic N) is 3. The van der Waals surface area contributed by atoms with E-state index in [1.807, 2.05) is 12.2 Å². The molecule has 2 aromatic rings. The van der Waals surface area contributed by atoms with Crippen molar-refractivity contribution in [3.05, 3.63) is 69.3 Å². The number of aryl methyl sites for hydroxylation is 1. The molecule has 46 heavy (non-hydrogen) atoms. The van der Waals surface area contributed by atoms with Gasteiger partial charge in [0.05, 0.1) is 23.4 Å². The average Bonchev–Trinajstić information content (AvgIpc) is 3.45. The second kappa shape index (κ2) is 15.6. The smallest absolute Gasteiger partial charge is 0.355 e. The molecule has 2 aliphatic heterocycles. The van der Waals surface area contributed by atoms with Gasteiger partial charge >= 0.3 is 11.9 Å². The predicted molar refractivity (Wildman–Crippen MR) is 184 cm³/mol. The third kappa shape index (κ3) is 8.76. The van der Waals surface area contributed by atoms with E-state index in [9.17, 15) is 19.2 Å². The van der Waals surface area contributed by atoms with Gasteiger partial charge in [0.15, 0.2) is 11.5 Å². The number of β-lactam (4-membered cyclic amide) rings is 1. The molecule has 0 bridgehead atoms. The van der Waals surface area contributed by atoms with E-state index in [1.165, 1.54) is 34.9 Å². The Bertz CT molecular complexity index is 1560. The minimum absolute atomic E-state index is 0.0198. The zero-order chi connectivity index (χ0) is 33.6. The van der Waals surface area contributed by atoms with Gasteiger partial charge in [-0.05, 0) is 57.9 Å². The number of oxime groups is 1. The van der Waals surface area contributed by atoms with Crippen LogP contribution in [0.25, 0.3) is 0 Å². The summed E-state index contributed by atoms with van der Waals surface area (Å²) in [5, 5.41) is 5.96. The maximum absolute atomic E-state index is 13.6. The molecule has 2 aliphatic rings. The number of hydrogen-bond donors (Lipinski definition) is 0. The quantitative estimate of drug-likeness (QED) is 0.0651. The number of carbonyl (C=O) groups excluding carboxylic acids is 4. The van der Waals surface area contributed by atoms with Gasteiger partial charge in [-0.3, -0.25) is 14.5 Å². The summed E-state index contributed by atoms with van der Waals surface area (Å²) in [6.07, 6.45) is 2.49. The SMILES string of the molecule is COc1ccc(COC(=O)C2=C(/C=C/CI)CSC3[C@H](CC(=O)/C(=N\O[C@@H](C)C(=O)OC(C)(C)C)c4csc(C)n4)C(=O)N23)cc1. The number of esters is 2. The van der Waals surface area contributed by atoms with Crippen molar-refractivity contribution in [2.75, 3.05) is 17.3 Å². The lowest BCUT2D eigenvalue weighted by Gasteiger charge is -2.49. The fourth-order valence-electron chi connectivity index (χ4n) is 4.59. The molecule has 0 radical (unpaired) electrons. The lowest BCUT2D eigenvalue weighted by molar-refractivity contribution is -0.167. The molecule has 1 fully saturated rings. The van der Waals surface area contributed by atoms with Crippen LogP contribution in [0.5, 0.6) is 5.75 Å². The van der Waals surface area contributed by atoms with Crippen LogP contribution in [0.4, 0.5) is 0 Å². The molecule has 1 saturated heterocycles. The molecular weight excluding hydrogens is 745 g/mol. The van der Waals surface area contributed by atoms with E-state index in [2.05, 4.69) is 32.7 Å². The van der Waals surface area contributed by atoms with Crippen molar-refractivity contribution in [3.8, 4) is 5.75 Å². The van der Waals surface area contributed by atoms with Crippen molar-refractivity contribution < 1.29 is 38.2 Å². The minimum Gasteiger partial charge on any atom is -0.497 e. The van der Waals surface area contributed by atoms with Crippen molar-refractivity contribution in [2.45, 2.75) is 64.7 Å². The number of amides is 1. The average molecular weight is 782 g/mol. The molecule has 1 amide bonds. The summed E-state index contributed by atoms with van der Waals surface area (Å²) in [5.74, 6) is -1.64. The van der Waals surface area contributed by atoms with Crippen LogP contribution in [-0.2, 0) is 40.1 Å². The van der Waals surface area contributed by atoms with Crippen LogP contribution < -0.4 is 4.74 Å². The largest absolute Gasteiger partial charge is 0.497 e. The number of fused-ring (bicyclic) bond motifs is 1. The summed E-state index contributed by atoms with van der Waals surface area (Å²) in [6.45, 7) is 8.49. The van der Waals surface area contributed by atoms with Gasteiger partial charge < -0.3 is 19.0 Å². The highest BCUT2D eigenvalue weighted by atomic mass is 127. The van der Waals surface area contributed by atoms with Gasteiger partial charge in [0, 0.05) is 22.0 Å². The Balaban J connectivity index is 1.51. The van der Waals surface area contributed by atoms with Gasteiger partial charge in [-0.25, -0.2) is 14.6 Å². The first-order valence-corrected chi connectivity index (χ1v) is 17.9. The zero-order valence-corrected chi connectivity index (χ0v) is 30.2. The molecule has 0 saturated carbocycles. The van der Waals surface area contributed by atoms with E-state index in [0.29, 0.717) is 22.1 Å². The number of rotatable bonds is 13. The summed E-state index contributed by atoms with van der Waals surface area (Å²) >= 11 is 5.01. The number of carbonyl (C=O) groups is 4. The second-order valence-corrected chi connectivity index (χ2v) is 14.5. The molecule has 4 rings (SSSR count).